The van der Waals surface area contributed by atoms with Gasteiger partial charge in [0.25, 0.3) is 0 Å². The zero-order valence-corrected chi connectivity index (χ0v) is 11.2. The molecule has 0 aromatic rings. The van der Waals surface area contributed by atoms with Gasteiger partial charge in [0.05, 0.1) is 0 Å². The molecule has 0 aromatic carbocycles. The van der Waals surface area contributed by atoms with E-state index in [1.54, 1.807) is 25.7 Å². The van der Waals surface area contributed by atoms with Crippen molar-refractivity contribution in [2.24, 2.45) is 0 Å². The van der Waals surface area contributed by atoms with Crippen LogP contribution in [-0.4, -0.2) is 47.7 Å². The van der Waals surface area contributed by atoms with Crippen LogP contribution < -0.4 is 0 Å². The molecule has 5 nitrogen and oxygen atoms in total. The molecule has 1 aliphatic rings. The van der Waals surface area contributed by atoms with Gasteiger partial charge in [0, 0.05) is 20.1 Å². The fraction of sp³-hybridized carbons (Fsp3) is 0.833. The zero-order chi connectivity index (χ0) is 13.1. The van der Waals surface area contributed by atoms with E-state index in [0.29, 0.717) is 0 Å². The van der Waals surface area contributed by atoms with Crippen LogP contribution in [0.25, 0.3) is 0 Å². The Morgan fingerprint density at radius 2 is 1.65 bits per heavy atom. The van der Waals surface area contributed by atoms with E-state index in [2.05, 4.69) is 0 Å². The first-order valence-corrected chi connectivity index (χ1v) is 6.07. The molecule has 98 valence electrons. The number of carbonyl (C=O) groups excluding carboxylic acids is 2. The Morgan fingerprint density at radius 3 is 2.12 bits per heavy atom. The summed E-state index contributed by atoms with van der Waals surface area (Å²) in [5, 5.41) is 0. The van der Waals surface area contributed by atoms with Crippen LogP contribution >= 0.6 is 0 Å². The summed E-state index contributed by atoms with van der Waals surface area (Å²) in [7, 11) is 1.46. The first-order valence-electron chi connectivity index (χ1n) is 6.07. The highest BCUT2D eigenvalue weighted by Gasteiger charge is 2.27. The van der Waals surface area contributed by atoms with Crippen molar-refractivity contribution in [3.8, 4) is 0 Å². The van der Waals surface area contributed by atoms with Crippen LogP contribution in [0.3, 0.4) is 0 Å². The second-order valence-corrected chi connectivity index (χ2v) is 5.37. The van der Waals surface area contributed by atoms with Gasteiger partial charge in [0.1, 0.15) is 5.60 Å². The van der Waals surface area contributed by atoms with Gasteiger partial charge in [0.2, 0.25) is 0 Å². The molecule has 1 saturated heterocycles. The Kier molecular flexibility index (Phi) is 4.37. The van der Waals surface area contributed by atoms with Crippen molar-refractivity contribution < 1.29 is 14.3 Å². The van der Waals surface area contributed by atoms with E-state index in [1.807, 2.05) is 0 Å². The Hall–Kier alpha value is -1.26. The second-order valence-electron chi connectivity index (χ2n) is 5.37. The van der Waals surface area contributed by atoms with Crippen LogP contribution in [0.4, 0.5) is 9.59 Å². The third-order valence-electron chi connectivity index (χ3n) is 2.58. The molecule has 0 unspecified atom stereocenters. The van der Waals surface area contributed by atoms with E-state index in [9.17, 15) is 9.59 Å². The average molecular weight is 242 g/mol. The van der Waals surface area contributed by atoms with Crippen molar-refractivity contribution in [3.63, 3.8) is 0 Å². The van der Waals surface area contributed by atoms with Gasteiger partial charge in [-0.3, -0.25) is 0 Å². The number of hydrogen-bond donors (Lipinski definition) is 0. The largest absolute Gasteiger partial charge is 0.443 e. The van der Waals surface area contributed by atoms with Crippen molar-refractivity contribution in [2.45, 2.75) is 45.6 Å². The number of piperidine rings is 1. The molecule has 0 bridgehead atoms. The fourth-order valence-corrected chi connectivity index (χ4v) is 1.71. The highest BCUT2D eigenvalue weighted by Crippen LogP contribution is 2.13. The molecule has 0 aromatic heterocycles. The first kappa shape index (κ1) is 13.8. The van der Waals surface area contributed by atoms with Crippen molar-refractivity contribution in [1.29, 1.82) is 0 Å². The first-order chi connectivity index (χ1) is 7.81. The van der Waals surface area contributed by atoms with Crippen molar-refractivity contribution in [2.75, 3.05) is 20.1 Å². The van der Waals surface area contributed by atoms with Crippen molar-refractivity contribution >= 4 is 12.1 Å². The Bertz CT molecular complexity index is 291. The fourth-order valence-electron chi connectivity index (χ4n) is 1.71. The second kappa shape index (κ2) is 5.38. The molecule has 3 amide bonds. The number of rotatable bonds is 0. The van der Waals surface area contributed by atoms with Crippen LogP contribution in [0.2, 0.25) is 0 Å². The lowest BCUT2D eigenvalue weighted by molar-refractivity contribution is 0.0322. The van der Waals surface area contributed by atoms with E-state index in [1.165, 1.54) is 7.05 Å². The number of imide groups is 1. The van der Waals surface area contributed by atoms with Crippen LogP contribution in [0.1, 0.15) is 40.0 Å². The van der Waals surface area contributed by atoms with Gasteiger partial charge < -0.3 is 9.64 Å². The SMILES string of the molecule is CN(C(=O)OC(C)(C)C)C(=O)N1CCCCC1. The van der Waals surface area contributed by atoms with Crippen LogP contribution in [0.15, 0.2) is 0 Å². The minimum atomic E-state index is -0.590. The minimum Gasteiger partial charge on any atom is -0.443 e. The topological polar surface area (TPSA) is 49.9 Å². The molecular weight excluding hydrogens is 220 g/mol. The van der Waals surface area contributed by atoms with Gasteiger partial charge in [0.15, 0.2) is 0 Å². The summed E-state index contributed by atoms with van der Waals surface area (Å²) in [6.45, 7) is 6.80. The quantitative estimate of drug-likeness (QED) is 0.655. The van der Waals surface area contributed by atoms with Gasteiger partial charge in [-0.05, 0) is 40.0 Å². The highest BCUT2D eigenvalue weighted by molar-refractivity contribution is 5.90. The smallest absolute Gasteiger partial charge is 0.418 e. The van der Waals surface area contributed by atoms with Crippen molar-refractivity contribution in [1.82, 2.24) is 9.80 Å². The van der Waals surface area contributed by atoms with E-state index >= 15 is 0 Å². The van der Waals surface area contributed by atoms with E-state index in [4.69, 9.17) is 4.74 Å². The molecule has 0 N–H and O–H groups in total. The lowest BCUT2D eigenvalue weighted by Crippen LogP contribution is -2.47. The third-order valence-corrected chi connectivity index (χ3v) is 2.58. The Morgan fingerprint density at radius 1 is 1.12 bits per heavy atom. The minimum absolute atomic E-state index is 0.265. The lowest BCUT2D eigenvalue weighted by Gasteiger charge is -2.31. The average Bonchev–Trinajstić information content (AvgIpc) is 2.26. The molecule has 5 heteroatoms. The maximum atomic E-state index is 12.0. The molecular formula is C12H22N2O3. The number of nitrogens with zero attached hydrogens (tertiary/aromatic N) is 2. The number of amides is 3. The molecule has 1 aliphatic heterocycles. The van der Waals surface area contributed by atoms with Gasteiger partial charge in [-0.2, -0.15) is 0 Å². The molecule has 1 fully saturated rings. The molecule has 0 aliphatic carbocycles. The summed E-state index contributed by atoms with van der Waals surface area (Å²) >= 11 is 0. The predicted octanol–water partition coefficient (Wildman–Crippen LogP) is 2.46. The molecule has 0 saturated carbocycles. The molecule has 17 heavy (non-hydrogen) atoms. The summed E-state index contributed by atoms with van der Waals surface area (Å²) in [6.07, 6.45) is 2.58. The third kappa shape index (κ3) is 4.24. The number of carbonyl (C=O) groups is 2. The number of urea groups is 1. The van der Waals surface area contributed by atoms with E-state index < -0.39 is 11.7 Å². The van der Waals surface area contributed by atoms with Gasteiger partial charge in [-0.1, -0.05) is 0 Å². The van der Waals surface area contributed by atoms with Crippen LogP contribution in [0.5, 0.6) is 0 Å². The number of ether oxygens (including phenoxy) is 1. The van der Waals surface area contributed by atoms with Crippen LogP contribution in [0, 0.1) is 0 Å². The molecule has 0 atom stereocenters. The summed E-state index contributed by atoms with van der Waals surface area (Å²) in [6, 6.07) is -0.265. The summed E-state index contributed by atoms with van der Waals surface area (Å²) in [4.78, 5) is 26.4. The Balaban J connectivity index is 2.53. The number of likely N-dealkylation sites (tertiary alicyclic amines) is 1. The molecule has 0 spiro atoms. The van der Waals surface area contributed by atoms with Crippen LogP contribution in [-0.2, 0) is 4.74 Å². The van der Waals surface area contributed by atoms with Gasteiger partial charge >= 0.3 is 12.1 Å². The van der Waals surface area contributed by atoms with E-state index in [0.717, 1.165) is 37.3 Å². The zero-order valence-electron chi connectivity index (χ0n) is 11.2. The molecule has 1 heterocycles. The predicted molar refractivity (Wildman–Crippen MR) is 64.8 cm³/mol. The molecule has 1 rings (SSSR count). The van der Waals surface area contributed by atoms with Crippen molar-refractivity contribution in [3.05, 3.63) is 0 Å². The Labute approximate surface area is 103 Å². The van der Waals surface area contributed by atoms with E-state index in [-0.39, 0.29) is 6.03 Å². The maximum absolute atomic E-state index is 12.0. The highest BCUT2D eigenvalue weighted by atomic mass is 16.6. The lowest BCUT2D eigenvalue weighted by atomic mass is 10.1. The van der Waals surface area contributed by atoms with Gasteiger partial charge in [-0.25, -0.2) is 14.5 Å². The maximum Gasteiger partial charge on any atom is 0.418 e. The standard InChI is InChI=1S/C12H22N2O3/c1-12(2,3)17-11(16)13(4)10(15)14-8-6-5-7-9-14/h5-9H2,1-4H3. The van der Waals surface area contributed by atoms with Gasteiger partial charge in [-0.15, -0.1) is 0 Å². The normalized spacial score (nSPS) is 16.6. The number of hydrogen-bond acceptors (Lipinski definition) is 3. The summed E-state index contributed by atoms with van der Waals surface area (Å²) < 4.78 is 5.15. The summed E-state index contributed by atoms with van der Waals surface area (Å²) in [5.41, 5.74) is -0.576. The summed E-state index contributed by atoms with van der Waals surface area (Å²) in [5.74, 6) is 0. The molecule has 0 radical (unpaired) electrons. The monoisotopic (exact) mass is 242 g/mol.